The van der Waals surface area contributed by atoms with Gasteiger partial charge >= 0.3 is 6.16 Å². The maximum Gasteiger partial charge on any atom is 0.539 e. The Morgan fingerprint density at radius 2 is 1.64 bits per heavy atom. The topological polar surface area (TPSA) is 95.1 Å². The molecule has 124 valence electrons. The molecular formula is C18H13N2O5+. The van der Waals surface area contributed by atoms with Gasteiger partial charge in [-0.15, -0.1) is 4.73 Å². The molecule has 0 aliphatic rings. The lowest BCUT2D eigenvalue weighted by Crippen LogP contribution is -2.22. The number of nitrogens with one attached hydrogen (secondary N) is 1. The zero-order chi connectivity index (χ0) is 17.4. The van der Waals surface area contributed by atoms with E-state index in [0.717, 1.165) is 16.4 Å². The summed E-state index contributed by atoms with van der Waals surface area (Å²) in [6.45, 7) is 0. The average molecular weight is 337 g/mol. The summed E-state index contributed by atoms with van der Waals surface area (Å²) < 4.78 is 5.80. The average Bonchev–Trinajstić information content (AvgIpc) is 2.92. The minimum atomic E-state index is -1.09. The minimum Gasteiger partial charge on any atom is -0.492 e. The third-order valence-electron chi connectivity index (χ3n) is 3.75. The van der Waals surface area contributed by atoms with Crippen LogP contribution in [0.2, 0.25) is 0 Å². The number of benzene rings is 2. The third-order valence-corrected chi connectivity index (χ3v) is 3.75. The van der Waals surface area contributed by atoms with E-state index in [1.54, 1.807) is 12.1 Å². The summed E-state index contributed by atoms with van der Waals surface area (Å²) in [7, 11) is 0. The molecule has 0 spiro atoms. The number of rotatable bonds is 2. The van der Waals surface area contributed by atoms with Crippen molar-refractivity contribution >= 4 is 28.0 Å². The highest BCUT2D eigenvalue weighted by molar-refractivity contribution is 5.92. The van der Waals surface area contributed by atoms with E-state index in [2.05, 4.69) is 4.98 Å². The first kappa shape index (κ1) is 14.8. The zero-order valence-corrected chi connectivity index (χ0v) is 12.8. The van der Waals surface area contributed by atoms with Gasteiger partial charge in [-0.25, -0.2) is 9.78 Å². The summed E-state index contributed by atoms with van der Waals surface area (Å²) >= 11 is 0. The van der Waals surface area contributed by atoms with Gasteiger partial charge in [0.2, 0.25) is 22.8 Å². The van der Waals surface area contributed by atoms with E-state index in [-0.39, 0.29) is 5.75 Å². The van der Waals surface area contributed by atoms with Crippen LogP contribution < -0.4 is 14.6 Å². The highest BCUT2D eigenvalue weighted by Crippen LogP contribution is 2.26. The largest absolute Gasteiger partial charge is 0.539 e. The minimum absolute atomic E-state index is 0.288. The van der Waals surface area contributed by atoms with E-state index in [0.29, 0.717) is 10.1 Å². The molecule has 3 N–H and O–H groups in total. The molecule has 0 saturated carbocycles. The van der Waals surface area contributed by atoms with Crippen LogP contribution in [-0.2, 0) is 0 Å². The third kappa shape index (κ3) is 2.67. The van der Waals surface area contributed by atoms with E-state index in [1.807, 2.05) is 36.4 Å². The molecule has 7 nitrogen and oxygen atoms in total. The predicted molar refractivity (Wildman–Crippen MR) is 88.4 cm³/mol. The maximum absolute atomic E-state index is 12.0. The van der Waals surface area contributed by atoms with Crippen LogP contribution in [0.1, 0.15) is 0 Å². The van der Waals surface area contributed by atoms with Gasteiger partial charge in [0.1, 0.15) is 5.75 Å². The number of aromatic nitrogens is 2. The lowest BCUT2D eigenvalue weighted by Gasteiger charge is -2.08. The van der Waals surface area contributed by atoms with Crippen LogP contribution in [0.15, 0.2) is 60.7 Å². The molecule has 0 bridgehead atoms. The van der Waals surface area contributed by atoms with Crippen molar-refractivity contribution in [1.29, 1.82) is 0 Å². The number of aromatic hydroxyl groups is 2. The number of carbonyl (C=O) groups excluding carboxylic acids is 1. The fraction of sp³-hybridized carbons (Fsp3) is 0. The van der Waals surface area contributed by atoms with Crippen LogP contribution in [0.5, 0.6) is 17.5 Å². The molecule has 0 aliphatic carbocycles. The summed E-state index contributed by atoms with van der Waals surface area (Å²) in [4.78, 5) is 20.1. The van der Waals surface area contributed by atoms with Crippen molar-refractivity contribution in [3.05, 3.63) is 60.7 Å². The van der Waals surface area contributed by atoms with Gasteiger partial charge in [-0.1, -0.05) is 18.2 Å². The van der Waals surface area contributed by atoms with Crippen molar-refractivity contribution in [1.82, 2.24) is 4.73 Å². The van der Waals surface area contributed by atoms with Crippen LogP contribution in [-0.4, -0.2) is 21.1 Å². The second-order valence-electron chi connectivity index (χ2n) is 5.36. The van der Waals surface area contributed by atoms with Crippen molar-refractivity contribution in [3.8, 4) is 17.5 Å². The molecule has 4 rings (SSSR count). The molecule has 25 heavy (non-hydrogen) atoms. The van der Waals surface area contributed by atoms with Crippen molar-refractivity contribution in [3.63, 3.8) is 0 Å². The number of pyridine rings is 1. The number of aromatic amines is 1. The Morgan fingerprint density at radius 3 is 2.44 bits per heavy atom. The number of ether oxygens (including phenoxy) is 1. The van der Waals surface area contributed by atoms with Crippen LogP contribution >= 0.6 is 0 Å². The molecular weight excluding hydrogens is 324 g/mol. The maximum atomic E-state index is 12.0. The number of para-hydroxylation sites is 1. The number of nitrogens with zero attached hydrogens (tertiary/aromatic N) is 1. The van der Waals surface area contributed by atoms with E-state index >= 15 is 0 Å². The summed E-state index contributed by atoms with van der Waals surface area (Å²) in [5, 5.41) is 20.7. The lowest BCUT2D eigenvalue weighted by atomic mass is 10.1. The quantitative estimate of drug-likeness (QED) is 0.333. The first-order valence-corrected chi connectivity index (χ1v) is 7.45. The van der Waals surface area contributed by atoms with Gasteiger partial charge in [0.25, 0.3) is 0 Å². The van der Waals surface area contributed by atoms with Gasteiger partial charge in [0, 0.05) is 29.7 Å². The van der Waals surface area contributed by atoms with E-state index in [9.17, 15) is 15.0 Å². The molecule has 0 fully saturated rings. The molecule has 0 saturated heterocycles. The van der Waals surface area contributed by atoms with Gasteiger partial charge in [0.05, 0.1) is 5.39 Å². The summed E-state index contributed by atoms with van der Waals surface area (Å²) in [5.41, 5.74) is 1.74. The SMILES string of the molecule is O=C(Oc1cccc2[nH+]c3ccccc3cc12)On1c(O)ccc1O. The number of H-pyrrole nitrogens is 1. The van der Waals surface area contributed by atoms with Gasteiger partial charge in [-0.05, 0) is 18.2 Å². The first-order valence-electron chi connectivity index (χ1n) is 7.45. The lowest BCUT2D eigenvalue weighted by molar-refractivity contribution is -0.310. The zero-order valence-electron chi connectivity index (χ0n) is 12.8. The Balaban J connectivity index is 1.69. The molecule has 0 aliphatic heterocycles. The van der Waals surface area contributed by atoms with Crippen LogP contribution in [0.25, 0.3) is 21.8 Å². The first-order chi connectivity index (χ1) is 12.1. The molecule has 2 aromatic heterocycles. The standard InChI is InChI=1S/C18H12N2O5/c21-16-8-9-17(22)20(16)25-18(23)24-15-7-3-6-14-12(15)10-11-4-1-2-5-13(11)19-14/h1-10,21-22H/p+1. The van der Waals surface area contributed by atoms with E-state index in [1.165, 1.54) is 12.1 Å². The Hall–Kier alpha value is -3.74. The molecule has 0 amide bonds. The molecule has 7 heteroatoms. The van der Waals surface area contributed by atoms with Gasteiger partial charge < -0.3 is 14.9 Å². The summed E-state index contributed by atoms with van der Waals surface area (Å²) in [5.74, 6) is -0.561. The Labute approximate surface area is 141 Å². The summed E-state index contributed by atoms with van der Waals surface area (Å²) in [6.07, 6.45) is -1.09. The van der Waals surface area contributed by atoms with E-state index in [4.69, 9.17) is 9.57 Å². The Bertz CT molecular complexity index is 1080. The number of hydrogen-bond donors (Lipinski definition) is 2. The van der Waals surface area contributed by atoms with Crippen molar-refractivity contribution in [2.45, 2.75) is 0 Å². The molecule has 0 atom stereocenters. The Morgan fingerprint density at radius 1 is 0.920 bits per heavy atom. The number of hydrogen-bond acceptors (Lipinski definition) is 5. The Kier molecular flexibility index (Phi) is 3.39. The van der Waals surface area contributed by atoms with Gasteiger partial charge in [-0.2, -0.15) is 0 Å². The molecule has 4 aromatic rings. The fourth-order valence-corrected chi connectivity index (χ4v) is 2.61. The van der Waals surface area contributed by atoms with Crippen molar-refractivity contribution in [2.24, 2.45) is 0 Å². The predicted octanol–water partition coefficient (Wildman–Crippen LogP) is 2.65. The normalized spacial score (nSPS) is 10.9. The van der Waals surface area contributed by atoms with E-state index < -0.39 is 17.9 Å². The second-order valence-corrected chi connectivity index (χ2v) is 5.36. The summed E-state index contributed by atoms with van der Waals surface area (Å²) in [6, 6.07) is 17.2. The monoisotopic (exact) mass is 337 g/mol. The van der Waals surface area contributed by atoms with Crippen molar-refractivity contribution < 1.29 is 29.6 Å². The molecule has 0 radical (unpaired) electrons. The highest BCUT2D eigenvalue weighted by Gasteiger charge is 2.17. The van der Waals surface area contributed by atoms with Crippen LogP contribution in [0, 0.1) is 0 Å². The molecule has 0 unspecified atom stereocenters. The fourth-order valence-electron chi connectivity index (χ4n) is 2.61. The van der Waals surface area contributed by atoms with Crippen molar-refractivity contribution in [2.75, 3.05) is 0 Å². The number of carbonyl (C=O) groups is 1. The van der Waals surface area contributed by atoms with Gasteiger partial charge in [0.15, 0.2) is 0 Å². The smallest absolute Gasteiger partial charge is 0.492 e. The van der Waals surface area contributed by atoms with Gasteiger partial charge in [-0.3, -0.25) is 4.84 Å². The number of fused-ring (bicyclic) bond motifs is 2. The van der Waals surface area contributed by atoms with Crippen LogP contribution in [0.3, 0.4) is 0 Å². The molecule has 2 heterocycles. The molecule has 2 aromatic carbocycles. The van der Waals surface area contributed by atoms with Crippen LogP contribution in [0.4, 0.5) is 4.79 Å². The second kappa shape index (κ2) is 5.72. The highest BCUT2D eigenvalue weighted by atomic mass is 16.8.